The van der Waals surface area contributed by atoms with Crippen molar-refractivity contribution in [3.63, 3.8) is 0 Å². The molecule has 0 aromatic rings. The van der Waals surface area contributed by atoms with Gasteiger partial charge in [0.05, 0.1) is 5.92 Å². The van der Waals surface area contributed by atoms with E-state index in [9.17, 15) is 50.1 Å². The van der Waals surface area contributed by atoms with Gasteiger partial charge < -0.3 is 35.7 Å². The highest BCUT2D eigenvalue weighted by molar-refractivity contribution is 5.98. The Hall–Kier alpha value is -1.75. The van der Waals surface area contributed by atoms with E-state index >= 15 is 0 Å². The molecule has 0 unspecified atom stereocenters. The number of aliphatic carboxylic acids is 3. The first-order valence-corrected chi connectivity index (χ1v) is 17.7. The molecule has 0 saturated carbocycles. The van der Waals surface area contributed by atoms with E-state index in [1.165, 1.54) is 0 Å². The number of aliphatic hydroxyl groups is 4. The Morgan fingerprint density at radius 2 is 0.660 bits per heavy atom. The molecule has 0 amide bonds. The zero-order chi connectivity index (χ0) is 37.0. The maximum absolute atomic E-state index is 11.7. The van der Waals surface area contributed by atoms with Crippen LogP contribution in [0.3, 0.4) is 0 Å². The van der Waals surface area contributed by atoms with Gasteiger partial charge in [0.1, 0.15) is 0 Å². The first kappa shape index (κ1) is 47.4. The Morgan fingerprint density at radius 1 is 0.426 bits per heavy atom. The molecular formula is C37H72O10. The van der Waals surface area contributed by atoms with Crippen LogP contribution >= 0.6 is 0 Å². The van der Waals surface area contributed by atoms with Gasteiger partial charge in [0.2, 0.25) is 0 Å². The molecule has 10 nitrogen and oxygen atoms in total. The summed E-state index contributed by atoms with van der Waals surface area (Å²) in [5.74, 6) is -3.50. The second kappa shape index (κ2) is 22.8. The summed E-state index contributed by atoms with van der Waals surface area (Å²) in [5, 5.41) is 65.3. The van der Waals surface area contributed by atoms with Crippen LogP contribution in [0.1, 0.15) is 158 Å². The quantitative estimate of drug-likeness (QED) is 0.0347. The largest absolute Gasteiger partial charge is 0.481 e. The minimum atomic E-state index is -1.74. The van der Waals surface area contributed by atoms with E-state index in [1.54, 1.807) is 0 Å². The number of hydrogen-bond acceptors (Lipinski definition) is 7. The molecule has 7 N–H and O–H groups in total. The van der Waals surface area contributed by atoms with Crippen LogP contribution in [-0.2, 0) is 14.4 Å². The SMILES string of the molecule is CC(C)(CO)CCCCC(CCCCC(C)(C)CO)(C(=O)O)C(=O)O.CC(C)(CO)CCCCC(CCCCC(C)(C)CO)C(=O)O. The average molecular weight is 677 g/mol. The fourth-order valence-corrected chi connectivity index (χ4v) is 5.40. The van der Waals surface area contributed by atoms with Gasteiger partial charge in [0.15, 0.2) is 5.41 Å². The van der Waals surface area contributed by atoms with Crippen LogP contribution < -0.4 is 0 Å². The molecule has 0 aromatic heterocycles. The van der Waals surface area contributed by atoms with Crippen LogP contribution in [0.5, 0.6) is 0 Å². The normalized spacial score (nSPS) is 13.0. The van der Waals surface area contributed by atoms with Crippen LogP contribution in [0.4, 0.5) is 0 Å². The third-order valence-electron chi connectivity index (χ3n) is 9.61. The third kappa shape index (κ3) is 21.8. The van der Waals surface area contributed by atoms with Crippen molar-refractivity contribution in [1.29, 1.82) is 0 Å². The Labute approximate surface area is 285 Å². The Bertz CT molecular complexity index is 814. The van der Waals surface area contributed by atoms with Gasteiger partial charge in [-0.3, -0.25) is 14.4 Å². The predicted molar refractivity (Wildman–Crippen MR) is 186 cm³/mol. The van der Waals surface area contributed by atoms with Gasteiger partial charge in [0, 0.05) is 26.4 Å². The highest BCUT2D eigenvalue weighted by Gasteiger charge is 2.45. The van der Waals surface area contributed by atoms with Gasteiger partial charge in [-0.1, -0.05) is 107 Å². The molecule has 47 heavy (non-hydrogen) atoms. The fourth-order valence-electron chi connectivity index (χ4n) is 5.40. The van der Waals surface area contributed by atoms with Crippen molar-refractivity contribution in [2.75, 3.05) is 26.4 Å². The second-order valence-electron chi connectivity index (χ2n) is 16.9. The molecule has 0 aromatic carbocycles. The minimum absolute atomic E-state index is 0.0522. The van der Waals surface area contributed by atoms with E-state index in [0.29, 0.717) is 25.7 Å². The molecule has 0 bridgehead atoms. The summed E-state index contributed by atoms with van der Waals surface area (Å²) in [4.78, 5) is 34.7. The minimum Gasteiger partial charge on any atom is -0.481 e. The van der Waals surface area contributed by atoms with E-state index in [4.69, 9.17) is 0 Å². The molecule has 0 aliphatic heterocycles. The lowest BCUT2D eigenvalue weighted by Gasteiger charge is -2.27. The summed E-state index contributed by atoms with van der Waals surface area (Å²) >= 11 is 0. The number of hydrogen-bond donors (Lipinski definition) is 7. The summed E-state index contributed by atoms with van der Waals surface area (Å²) in [7, 11) is 0. The smallest absolute Gasteiger partial charge is 0.321 e. The topological polar surface area (TPSA) is 193 Å². The van der Waals surface area contributed by atoms with Gasteiger partial charge in [-0.15, -0.1) is 0 Å². The molecule has 0 aliphatic carbocycles. The van der Waals surface area contributed by atoms with E-state index in [-0.39, 0.29) is 66.8 Å². The maximum atomic E-state index is 11.7. The van der Waals surface area contributed by atoms with E-state index < -0.39 is 23.3 Å². The average Bonchev–Trinajstić information content (AvgIpc) is 2.99. The van der Waals surface area contributed by atoms with Crippen molar-refractivity contribution in [3.05, 3.63) is 0 Å². The van der Waals surface area contributed by atoms with E-state index in [0.717, 1.165) is 64.2 Å². The first-order chi connectivity index (χ1) is 21.6. The number of carboxylic acids is 3. The van der Waals surface area contributed by atoms with Crippen molar-refractivity contribution in [2.45, 2.75) is 158 Å². The zero-order valence-electron chi connectivity index (χ0n) is 31.1. The lowest BCUT2D eigenvalue weighted by atomic mass is 9.76. The van der Waals surface area contributed by atoms with Gasteiger partial charge >= 0.3 is 17.9 Å². The number of aliphatic hydroxyl groups excluding tert-OH is 4. The summed E-state index contributed by atoms with van der Waals surface area (Å²) in [6, 6.07) is 0. The highest BCUT2D eigenvalue weighted by Crippen LogP contribution is 2.35. The number of rotatable bonds is 27. The maximum Gasteiger partial charge on any atom is 0.321 e. The van der Waals surface area contributed by atoms with Crippen LogP contribution in [0.25, 0.3) is 0 Å². The first-order valence-electron chi connectivity index (χ1n) is 17.7. The molecule has 10 heteroatoms. The lowest BCUT2D eigenvalue weighted by molar-refractivity contribution is -0.166. The van der Waals surface area contributed by atoms with Crippen molar-refractivity contribution >= 4 is 17.9 Å². The molecule has 280 valence electrons. The van der Waals surface area contributed by atoms with Crippen LogP contribution in [0, 0.1) is 33.0 Å². The third-order valence-corrected chi connectivity index (χ3v) is 9.61. The van der Waals surface area contributed by atoms with E-state index in [2.05, 4.69) is 0 Å². The molecule has 0 spiro atoms. The molecule has 0 rings (SSSR count). The van der Waals surface area contributed by atoms with E-state index in [1.807, 2.05) is 55.4 Å². The number of carbonyl (C=O) groups is 3. The monoisotopic (exact) mass is 677 g/mol. The summed E-state index contributed by atoms with van der Waals surface area (Å²) in [5.41, 5.74) is -2.33. The lowest BCUT2D eigenvalue weighted by Crippen LogP contribution is -2.39. The fraction of sp³-hybridized carbons (Fsp3) is 0.919. The molecular weight excluding hydrogens is 604 g/mol. The Morgan fingerprint density at radius 3 is 0.872 bits per heavy atom. The van der Waals surface area contributed by atoms with Gasteiger partial charge in [-0.2, -0.15) is 0 Å². The molecule has 0 radical (unpaired) electrons. The number of unbranched alkanes of at least 4 members (excludes halogenated alkanes) is 4. The summed E-state index contributed by atoms with van der Waals surface area (Å²) < 4.78 is 0. The highest BCUT2D eigenvalue weighted by atomic mass is 16.4. The van der Waals surface area contributed by atoms with Crippen molar-refractivity contribution < 1.29 is 50.1 Å². The molecule has 0 heterocycles. The van der Waals surface area contributed by atoms with Crippen molar-refractivity contribution in [3.8, 4) is 0 Å². The van der Waals surface area contributed by atoms with Crippen molar-refractivity contribution in [2.24, 2.45) is 33.0 Å². The molecule has 0 aliphatic rings. The van der Waals surface area contributed by atoms with Crippen molar-refractivity contribution in [1.82, 2.24) is 0 Å². The van der Waals surface area contributed by atoms with Crippen LogP contribution in [0.2, 0.25) is 0 Å². The van der Waals surface area contributed by atoms with Gasteiger partial charge in [-0.25, -0.2) is 0 Å². The van der Waals surface area contributed by atoms with Crippen LogP contribution in [0.15, 0.2) is 0 Å². The molecule has 0 atom stereocenters. The zero-order valence-corrected chi connectivity index (χ0v) is 31.1. The molecule has 0 fully saturated rings. The van der Waals surface area contributed by atoms with Gasteiger partial charge in [-0.05, 0) is 73.0 Å². The molecule has 0 saturated heterocycles. The number of carboxylic acid groups (broad SMARTS) is 3. The van der Waals surface area contributed by atoms with Gasteiger partial charge in [0.25, 0.3) is 0 Å². The summed E-state index contributed by atoms with van der Waals surface area (Å²) in [6.07, 6.45) is 11.1. The van der Waals surface area contributed by atoms with Crippen LogP contribution in [-0.4, -0.2) is 80.1 Å². The Kier molecular flexibility index (Phi) is 23.0. The standard InChI is InChI=1S/C19H36O6.C18H36O4/c1-17(2,13-20)9-5-7-11-19(15(22)23,16(24)25)12-8-6-10-18(3,4)14-21;1-17(2,13-19)11-7-5-9-15(16(21)22)10-6-8-12-18(3,4)14-20/h20-21H,5-14H2,1-4H3,(H,22,23)(H,24,25);15,19-20H,5-14H2,1-4H3,(H,21,22). The second-order valence-corrected chi connectivity index (χ2v) is 16.9. The Balaban J connectivity index is 0. The predicted octanol–water partition coefficient (Wildman–Crippen LogP) is 7.14. The summed E-state index contributed by atoms with van der Waals surface area (Å²) in [6.45, 7) is 16.3.